The number of ether oxygens (including phenoxy) is 2. The first kappa shape index (κ1) is 19.3. The molecule has 3 amide bonds. The summed E-state index contributed by atoms with van der Waals surface area (Å²) in [5.41, 5.74) is -0.676. The molecule has 146 valence electrons. The second kappa shape index (κ2) is 7.30. The molecule has 0 saturated carbocycles. The number of benzene rings is 2. The first-order valence-corrected chi connectivity index (χ1v) is 8.45. The van der Waals surface area contributed by atoms with Crippen molar-refractivity contribution in [1.82, 2.24) is 10.2 Å². The number of halogens is 1. The third-order valence-electron chi connectivity index (χ3n) is 4.70. The summed E-state index contributed by atoms with van der Waals surface area (Å²) in [5.74, 6) is -0.657. The van der Waals surface area contributed by atoms with Crippen LogP contribution in [-0.4, -0.2) is 43.4 Å². The van der Waals surface area contributed by atoms with Gasteiger partial charge in [0.1, 0.15) is 11.4 Å². The van der Waals surface area contributed by atoms with E-state index in [2.05, 4.69) is 5.32 Å². The summed E-state index contributed by atoms with van der Waals surface area (Å²) >= 11 is 0. The summed E-state index contributed by atoms with van der Waals surface area (Å²) in [6, 6.07) is 9.15. The van der Waals surface area contributed by atoms with Crippen molar-refractivity contribution < 1.29 is 28.2 Å². The SMILES string of the molecule is COc1ccc(C(=O)CN2C(=O)NC(C)(c3ccc(F)cc3)C2=O)cc1OC. The van der Waals surface area contributed by atoms with Crippen molar-refractivity contribution in [3.8, 4) is 11.5 Å². The quantitative estimate of drug-likeness (QED) is 0.609. The zero-order valence-electron chi connectivity index (χ0n) is 15.6. The maximum absolute atomic E-state index is 13.2. The molecule has 0 bridgehead atoms. The van der Waals surface area contributed by atoms with Gasteiger partial charge in [-0.3, -0.25) is 14.5 Å². The zero-order valence-corrected chi connectivity index (χ0v) is 15.6. The molecule has 2 aromatic rings. The Morgan fingerprint density at radius 1 is 1.07 bits per heavy atom. The summed E-state index contributed by atoms with van der Waals surface area (Å²) in [4.78, 5) is 38.7. The molecule has 1 heterocycles. The normalized spacial score (nSPS) is 18.8. The van der Waals surface area contributed by atoms with Crippen LogP contribution in [-0.2, 0) is 10.3 Å². The number of carbonyl (C=O) groups is 3. The second-order valence-corrected chi connectivity index (χ2v) is 6.45. The maximum atomic E-state index is 13.2. The van der Waals surface area contributed by atoms with Gasteiger partial charge in [-0.2, -0.15) is 0 Å². The molecule has 28 heavy (non-hydrogen) atoms. The standard InChI is InChI=1S/C20H19FN2O5/c1-20(13-5-7-14(21)8-6-13)18(25)23(19(26)22-20)11-15(24)12-4-9-16(27-2)17(10-12)28-3/h4-10H,11H2,1-3H3,(H,22,26). The van der Waals surface area contributed by atoms with Crippen LogP contribution < -0.4 is 14.8 Å². The molecule has 1 aliphatic rings. The van der Waals surface area contributed by atoms with Crippen molar-refractivity contribution >= 4 is 17.7 Å². The van der Waals surface area contributed by atoms with E-state index in [9.17, 15) is 18.8 Å². The Morgan fingerprint density at radius 2 is 1.71 bits per heavy atom. The Balaban J connectivity index is 1.83. The third kappa shape index (κ3) is 3.28. The van der Waals surface area contributed by atoms with Crippen LogP contribution in [0.4, 0.5) is 9.18 Å². The van der Waals surface area contributed by atoms with E-state index in [4.69, 9.17) is 9.47 Å². The van der Waals surface area contributed by atoms with Crippen molar-refractivity contribution in [3.05, 3.63) is 59.4 Å². The van der Waals surface area contributed by atoms with Crippen molar-refractivity contribution in [2.24, 2.45) is 0 Å². The van der Waals surface area contributed by atoms with Gasteiger partial charge in [-0.05, 0) is 42.8 Å². The molecule has 1 N–H and O–H groups in total. The van der Waals surface area contributed by atoms with E-state index in [1.165, 1.54) is 57.5 Å². The fraction of sp³-hybridized carbons (Fsp3) is 0.250. The average molecular weight is 386 g/mol. The Labute approximate surface area is 161 Å². The van der Waals surface area contributed by atoms with Crippen LogP contribution in [0.2, 0.25) is 0 Å². The highest BCUT2D eigenvalue weighted by molar-refractivity contribution is 6.11. The molecule has 1 aliphatic heterocycles. The molecule has 0 spiro atoms. The van der Waals surface area contributed by atoms with Gasteiger partial charge in [0.05, 0.1) is 20.8 Å². The number of Topliss-reactive ketones (excluding diaryl/α,β-unsaturated/α-hetero) is 1. The molecule has 0 aromatic heterocycles. The van der Waals surface area contributed by atoms with E-state index in [0.29, 0.717) is 17.1 Å². The molecule has 1 atom stereocenters. The van der Waals surface area contributed by atoms with Crippen molar-refractivity contribution in [2.75, 3.05) is 20.8 Å². The number of ketones is 1. The summed E-state index contributed by atoms with van der Waals surface area (Å²) in [7, 11) is 2.92. The average Bonchev–Trinajstić information content (AvgIpc) is 2.91. The van der Waals surface area contributed by atoms with Gasteiger partial charge in [-0.15, -0.1) is 0 Å². The molecule has 1 saturated heterocycles. The van der Waals surface area contributed by atoms with Gasteiger partial charge >= 0.3 is 6.03 Å². The van der Waals surface area contributed by atoms with Gasteiger partial charge in [0.2, 0.25) is 0 Å². The smallest absolute Gasteiger partial charge is 0.325 e. The molecule has 3 rings (SSSR count). The zero-order chi connectivity index (χ0) is 20.5. The Hall–Kier alpha value is -3.42. The minimum atomic E-state index is -1.37. The molecular formula is C20H19FN2O5. The van der Waals surface area contributed by atoms with Crippen LogP contribution in [0.5, 0.6) is 11.5 Å². The van der Waals surface area contributed by atoms with Gasteiger partial charge in [-0.1, -0.05) is 12.1 Å². The highest BCUT2D eigenvalue weighted by Crippen LogP contribution is 2.30. The molecular weight excluding hydrogens is 367 g/mol. The molecule has 8 heteroatoms. The number of carbonyl (C=O) groups excluding carboxylic acids is 3. The second-order valence-electron chi connectivity index (χ2n) is 6.45. The van der Waals surface area contributed by atoms with Gasteiger partial charge < -0.3 is 14.8 Å². The first-order chi connectivity index (χ1) is 13.3. The van der Waals surface area contributed by atoms with Gasteiger partial charge in [0.25, 0.3) is 5.91 Å². The Bertz CT molecular complexity index is 944. The largest absolute Gasteiger partial charge is 0.493 e. The molecule has 0 radical (unpaired) electrons. The van der Waals surface area contributed by atoms with E-state index in [1.807, 2.05) is 0 Å². The van der Waals surface area contributed by atoms with E-state index in [-0.39, 0.29) is 5.56 Å². The van der Waals surface area contributed by atoms with E-state index in [1.54, 1.807) is 6.07 Å². The summed E-state index contributed by atoms with van der Waals surface area (Å²) in [6.45, 7) is 1.08. The van der Waals surface area contributed by atoms with E-state index >= 15 is 0 Å². The molecule has 1 fully saturated rings. The number of imide groups is 1. The number of hydrogen-bond acceptors (Lipinski definition) is 5. The highest BCUT2D eigenvalue weighted by Gasteiger charge is 2.49. The minimum absolute atomic E-state index is 0.272. The van der Waals surface area contributed by atoms with E-state index in [0.717, 1.165) is 4.90 Å². The number of methoxy groups -OCH3 is 2. The third-order valence-corrected chi connectivity index (χ3v) is 4.70. The number of nitrogens with zero attached hydrogens (tertiary/aromatic N) is 1. The summed E-state index contributed by atoms with van der Waals surface area (Å²) in [5, 5.41) is 2.58. The van der Waals surface area contributed by atoms with Crippen molar-refractivity contribution in [2.45, 2.75) is 12.5 Å². The lowest BCUT2D eigenvalue weighted by Crippen LogP contribution is -2.41. The lowest BCUT2D eigenvalue weighted by Gasteiger charge is -2.22. The number of amides is 3. The predicted molar refractivity (Wildman–Crippen MR) is 97.9 cm³/mol. The van der Waals surface area contributed by atoms with Crippen molar-refractivity contribution in [1.29, 1.82) is 0 Å². The lowest BCUT2D eigenvalue weighted by atomic mass is 9.92. The summed E-state index contributed by atoms with van der Waals surface area (Å²) < 4.78 is 23.5. The molecule has 7 nitrogen and oxygen atoms in total. The van der Waals surface area contributed by atoms with Crippen LogP contribution >= 0.6 is 0 Å². The Kier molecular flexibility index (Phi) is 5.04. The molecule has 1 unspecified atom stereocenters. The Morgan fingerprint density at radius 3 is 2.32 bits per heavy atom. The number of hydrogen-bond donors (Lipinski definition) is 1. The fourth-order valence-electron chi connectivity index (χ4n) is 3.06. The van der Waals surface area contributed by atoms with Gasteiger partial charge in [0.15, 0.2) is 17.3 Å². The van der Waals surface area contributed by atoms with Crippen LogP contribution in [0, 0.1) is 5.82 Å². The molecule has 2 aromatic carbocycles. The highest BCUT2D eigenvalue weighted by atomic mass is 19.1. The monoisotopic (exact) mass is 386 g/mol. The minimum Gasteiger partial charge on any atom is -0.493 e. The number of urea groups is 1. The van der Waals surface area contributed by atoms with Crippen LogP contribution in [0.1, 0.15) is 22.8 Å². The number of nitrogens with one attached hydrogen (secondary N) is 1. The number of rotatable bonds is 6. The maximum Gasteiger partial charge on any atom is 0.325 e. The fourth-order valence-corrected chi connectivity index (χ4v) is 3.06. The topological polar surface area (TPSA) is 84.9 Å². The first-order valence-electron chi connectivity index (χ1n) is 8.45. The van der Waals surface area contributed by atoms with Crippen molar-refractivity contribution in [3.63, 3.8) is 0 Å². The van der Waals surface area contributed by atoms with Crippen LogP contribution in [0.25, 0.3) is 0 Å². The summed E-state index contributed by atoms with van der Waals surface area (Å²) in [6.07, 6.45) is 0. The molecule has 0 aliphatic carbocycles. The van der Waals surface area contributed by atoms with Crippen LogP contribution in [0.15, 0.2) is 42.5 Å². The van der Waals surface area contributed by atoms with E-state index < -0.39 is 35.6 Å². The van der Waals surface area contributed by atoms with Gasteiger partial charge in [-0.25, -0.2) is 9.18 Å². The van der Waals surface area contributed by atoms with Gasteiger partial charge in [0, 0.05) is 5.56 Å². The predicted octanol–water partition coefficient (Wildman–Crippen LogP) is 2.49. The lowest BCUT2D eigenvalue weighted by molar-refractivity contribution is -0.130. The van der Waals surface area contributed by atoms with Crippen LogP contribution in [0.3, 0.4) is 0 Å².